The van der Waals surface area contributed by atoms with Crippen molar-refractivity contribution in [2.45, 2.75) is 0 Å². The summed E-state index contributed by atoms with van der Waals surface area (Å²) < 4.78 is 5.48. The smallest absolute Gasteiger partial charge is 0.323 e. The Balaban J connectivity index is 1.59. The number of rotatable bonds is 4. The second kappa shape index (κ2) is 7.90. The number of urea groups is 1. The number of hydrogen-bond donors (Lipinski definition) is 3. The minimum Gasteiger partial charge on any atom is -0.438 e. The van der Waals surface area contributed by atoms with E-state index in [1.807, 2.05) is 0 Å². The van der Waals surface area contributed by atoms with Gasteiger partial charge in [-0.2, -0.15) is 0 Å². The van der Waals surface area contributed by atoms with Gasteiger partial charge >= 0.3 is 6.03 Å². The van der Waals surface area contributed by atoms with Crippen molar-refractivity contribution in [1.29, 1.82) is 0 Å². The Bertz CT molecular complexity index is 970. The van der Waals surface area contributed by atoms with Crippen LogP contribution in [-0.2, 0) is 0 Å². The number of anilines is 2. The van der Waals surface area contributed by atoms with Crippen LogP contribution in [0.25, 0.3) is 0 Å². The Morgan fingerprint density at radius 2 is 1.62 bits per heavy atom. The van der Waals surface area contributed by atoms with Crippen LogP contribution in [-0.4, -0.2) is 16.2 Å². The summed E-state index contributed by atoms with van der Waals surface area (Å²) >= 11 is 11.7. The molecule has 9 heteroatoms. The van der Waals surface area contributed by atoms with Crippen LogP contribution in [0.3, 0.4) is 0 Å². The average Bonchev–Trinajstić information content (AvgIpc) is 2.62. The van der Waals surface area contributed by atoms with E-state index in [1.54, 1.807) is 42.5 Å². The Morgan fingerprint density at radius 3 is 2.27 bits per heavy atom. The molecule has 0 aliphatic carbocycles. The van der Waals surface area contributed by atoms with Gasteiger partial charge in [0.1, 0.15) is 5.75 Å². The van der Waals surface area contributed by atoms with Crippen LogP contribution in [0.1, 0.15) is 0 Å². The van der Waals surface area contributed by atoms with Crippen LogP contribution in [0.5, 0.6) is 11.6 Å². The fourth-order valence-corrected chi connectivity index (χ4v) is 2.28. The van der Waals surface area contributed by atoms with Gasteiger partial charge in [0.2, 0.25) is 5.88 Å². The summed E-state index contributed by atoms with van der Waals surface area (Å²) in [5.41, 5.74) is 0.759. The molecule has 0 unspecified atom stereocenters. The van der Waals surface area contributed by atoms with Crippen LogP contribution in [0.4, 0.5) is 16.2 Å². The highest BCUT2D eigenvalue weighted by Gasteiger charge is 2.06. The third-order valence-electron chi connectivity index (χ3n) is 3.17. The van der Waals surface area contributed by atoms with Crippen molar-refractivity contribution in [1.82, 2.24) is 10.2 Å². The molecular formula is C17H12Cl2N4O3. The Morgan fingerprint density at radius 1 is 0.923 bits per heavy atom. The zero-order valence-corrected chi connectivity index (χ0v) is 14.6. The van der Waals surface area contributed by atoms with E-state index in [4.69, 9.17) is 27.9 Å². The zero-order valence-electron chi connectivity index (χ0n) is 13.1. The minimum atomic E-state index is -0.431. The molecule has 3 rings (SSSR count). The van der Waals surface area contributed by atoms with E-state index in [1.165, 1.54) is 12.1 Å². The number of benzene rings is 2. The van der Waals surface area contributed by atoms with Gasteiger partial charge in [0.15, 0.2) is 0 Å². The molecule has 2 amide bonds. The molecule has 0 fully saturated rings. The molecule has 3 aromatic rings. The number of nitrogens with one attached hydrogen (secondary N) is 3. The molecule has 0 atom stereocenters. The molecular weight excluding hydrogens is 379 g/mol. The van der Waals surface area contributed by atoms with Gasteiger partial charge in [0.05, 0.1) is 10.0 Å². The second-order valence-electron chi connectivity index (χ2n) is 5.09. The lowest BCUT2D eigenvalue weighted by molar-refractivity contribution is 0.262. The quantitative estimate of drug-likeness (QED) is 0.610. The predicted octanol–water partition coefficient (Wildman–Crippen LogP) is 4.51. The number of halogens is 2. The number of nitrogens with zero attached hydrogens (tertiary/aromatic N) is 1. The Labute approximate surface area is 157 Å². The highest BCUT2D eigenvalue weighted by molar-refractivity contribution is 6.42. The van der Waals surface area contributed by atoms with Crippen molar-refractivity contribution in [3.8, 4) is 11.6 Å². The van der Waals surface area contributed by atoms with E-state index in [9.17, 15) is 9.59 Å². The van der Waals surface area contributed by atoms with Gasteiger partial charge in [0.25, 0.3) is 5.56 Å². The lowest BCUT2D eigenvalue weighted by Gasteiger charge is -2.09. The average molecular weight is 391 g/mol. The standard InChI is InChI=1S/C17H12Cl2N4O3/c18-13-6-3-11(9-14(13)19)21-17(25)20-10-1-4-12(5-2-10)26-16-8-7-15(24)22-23-16/h1-9H,(H,22,24)(H2,20,21,25). The molecule has 1 aromatic heterocycles. The van der Waals surface area contributed by atoms with Crippen LogP contribution < -0.4 is 20.9 Å². The molecule has 7 nitrogen and oxygen atoms in total. The highest BCUT2D eigenvalue weighted by atomic mass is 35.5. The number of ether oxygens (including phenoxy) is 1. The fourth-order valence-electron chi connectivity index (χ4n) is 1.98. The molecule has 0 bridgehead atoms. The summed E-state index contributed by atoms with van der Waals surface area (Å²) in [4.78, 5) is 23.0. The molecule has 26 heavy (non-hydrogen) atoms. The summed E-state index contributed by atoms with van der Waals surface area (Å²) in [6.45, 7) is 0. The van der Waals surface area contributed by atoms with Gasteiger partial charge in [-0.05, 0) is 42.5 Å². The topological polar surface area (TPSA) is 96.1 Å². The largest absolute Gasteiger partial charge is 0.438 e. The van der Waals surface area contributed by atoms with Gasteiger partial charge in [-0.25, -0.2) is 9.89 Å². The molecule has 0 aliphatic heterocycles. The first kappa shape index (κ1) is 17.8. The number of carbonyl (C=O) groups excluding carboxylic acids is 1. The number of H-pyrrole nitrogens is 1. The molecule has 1 heterocycles. The number of aromatic amines is 1. The van der Waals surface area contributed by atoms with Crippen molar-refractivity contribution < 1.29 is 9.53 Å². The Hall–Kier alpha value is -3.03. The SMILES string of the molecule is O=C(Nc1ccc(Oc2ccc(=O)[nH]n2)cc1)Nc1ccc(Cl)c(Cl)c1. The molecule has 0 saturated heterocycles. The van der Waals surface area contributed by atoms with Crippen molar-refractivity contribution in [2.75, 3.05) is 10.6 Å². The maximum Gasteiger partial charge on any atom is 0.323 e. The molecule has 3 N–H and O–H groups in total. The van der Waals surface area contributed by atoms with Crippen LogP contribution in [0.2, 0.25) is 10.0 Å². The molecule has 0 spiro atoms. The van der Waals surface area contributed by atoms with Crippen molar-refractivity contribution in [2.24, 2.45) is 0 Å². The first-order valence-electron chi connectivity index (χ1n) is 7.36. The number of hydrogen-bond acceptors (Lipinski definition) is 4. The number of aromatic nitrogens is 2. The molecule has 0 saturated carbocycles. The monoisotopic (exact) mass is 390 g/mol. The van der Waals surface area contributed by atoms with Crippen molar-refractivity contribution in [3.63, 3.8) is 0 Å². The maximum atomic E-state index is 12.0. The lowest BCUT2D eigenvalue weighted by Crippen LogP contribution is -2.19. The molecule has 0 aliphatic rings. The lowest BCUT2D eigenvalue weighted by atomic mass is 10.3. The number of amides is 2. The third kappa shape index (κ3) is 4.75. The fraction of sp³-hybridized carbons (Fsp3) is 0. The maximum absolute atomic E-state index is 12.0. The van der Waals surface area contributed by atoms with Crippen molar-refractivity contribution >= 4 is 40.6 Å². The van der Waals surface area contributed by atoms with Crippen LogP contribution in [0.15, 0.2) is 59.4 Å². The summed E-state index contributed by atoms with van der Waals surface area (Å²) in [7, 11) is 0. The summed E-state index contributed by atoms with van der Waals surface area (Å²) in [6.07, 6.45) is 0. The zero-order chi connectivity index (χ0) is 18.5. The normalized spacial score (nSPS) is 10.2. The number of carbonyl (C=O) groups is 1. The molecule has 132 valence electrons. The van der Waals surface area contributed by atoms with Crippen LogP contribution in [0, 0.1) is 0 Å². The summed E-state index contributed by atoms with van der Waals surface area (Å²) in [6, 6.07) is 13.8. The van der Waals surface area contributed by atoms with E-state index in [2.05, 4.69) is 20.8 Å². The summed E-state index contributed by atoms with van der Waals surface area (Å²) in [5, 5.41) is 12.1. The first-order chi connectivity index (χ1) is 12.5. The van der Waals surface area contributed by atoms with E-state index >= 15 is 0 Å². The van der Waals surface area contributed by atoms with Gasteiger partial charge in [-0.3, -0.25) is 4.79 Å². The first-order valence-corrected chi connectivity index (χ1v) is 8.12. The van der Waals surface area contributed by atoms with Gasteiger partial charge in [-0.1, -0.05) is 23.2 Å². The van der Waals surface area contributed by atoms with E-state index in [0.717, 1.165) is 0 Å². The van der Waals surface area contributed by atoms with Crippen LogP contribution >= 0.6 is 23.2 Å². The van der Waals surface area contributed by atoms with Gasteiger partial charge in [0, 0.05) is 23.5 Å². The molecule has 2 aromatic carbocycles. The minimum absolute atomic E-state index is 0.252. The van der Waals surface area contributed by atoms with E-state index in [-0.39, 0.29) is 11.4 Å². The van der Waals surface area contributed by atoms with Crippen molar-refractivity contribution in [3.05, 3.63) is 75.0 Å². The second-order valence-corrected chi connectivity index (χ2v) is 5.91. The van der Waals surface area contributed by atoms with Gasteiger partial charge in [-0.15, -0.1) is 5.10 Å². The van der Waals surface area contributed by atoms with Gasteiger partial charge < -0.3 is 15.4 Å². The predicted molar refractivity (Wildman–Crippen MR) is 100 cm³/mol. The van der Waals surface area contributed by atoms with E-state index < -0.39 is 6.03 Å². The summed E-state index contributed by atoms with van der Waals surface area (Å²) in [5.74, 6) is 0.752. The van der Waals surface area contributed by atoms with E-state index in [0.29, 0.717) is 27.2 Å². The highest BCUT2D eigenvalue weighted by Crippen LogP contribution is 2.25. The Kier molecular flexibility index (Phi) is 5.40. The third-order valence-corrected chi connectivity index (χ3v) is 3.90. The molecule has 0 radical (unpaired) electrons.